The van der Waals surface area contributed by atoms with Crippen molar-refractivity contribution < 1.29 is 26.7 Å². The molecular weight excluding hydrogens is 324 g/mol. The lowest BCUT2D eigenvalue weighted by Crippen LogP contribution is -2.18. The zero-order valence-corrected chi connectivity index (χ0v) is 8.36. The third kappa shape index (κ3) is 2.93. The molecule has 78 valence electrons. The van der Waals surface area contributed by atoms with Gasteiger partial charge in [0.1, 0.15) is 3.70 Å². The number of halogens is 6. The highest BCUT2D eigenvalue weighted by Gasteiger charge is 2.32. The lowest BCUT2D eigenvalue weighted by molar-refractivity contribution is -0.276. The largest absolute Gasteiger partial charge is 0.574 e. The van der Waals surface area contributed by atoms with Crippen LogP contribution in [0.25, 0.3) is 0 Å². The van der Waals surface area contributed by atoms with Crippen LogP contribution in [0.5, 0.6) is 5.88 Å². The van der Waals surface area contributed by atoms with E-state index < -0.39 is 27.6 Å². The Hall–Kier alpha value is -0.670. The molecule has 1 aromatic rings. The van der Waals surface area contributed by atoms with Crippen molar-refractivity contribution in [2.24, 2.45) is 0 Å². The summed E-state index contributed by atoms with van der Waals surface area (Å²) in [5.41, 5.74) is 0. The Labute approximate surface area is 88.2 Å². The van der Waals surface area contributed by atoms with Gasteiger partial charge in [-0.25, -0.2) is 13.8 Å². The highest BCUT2D eigenvalue weighted by atomic mass is 127. The third-order valence-electron chi connectivity index (χ3n) is 1.07. The van der Waals surface area contributed by atoms with Crippen LogP contribution in [-0.2, 0) is 0 Å². The van der Waals surface area contributed by atoms with Crippen LogP contribution in [0.15, 0.2) is 6.07 Å². The Morgan fingerprint density at radius 1 is 1.29 bits per heavy atom. The fourth-order valence-electron chi connectivity index (χ4n) is 0.619. The standard InChI is InChI=1S/C6HF5INO/c7-2-1-3(14-6(9,10)11)13-5(12)4(2)8/h1H. The molecule has 0 unspecified atom stereocenters. The van der Waals surface area contributed by atoms with Crippen LogP contribution in [0, 0.1) is 15.3 Å². The second kappa shape index (κ2) is 3.83. The van der Waals surface area contributed by atoms with E-state index in [1.807, 2.05) is 0 Å². The maximum Gasteiger partial charge on any atom is 0.574 e. The Balaban J connectivity index is 3.02. The predicted molar refractivity (Wildman–Crippen MR) is 43.6 cm³/mol. The number of hydrogen-bond acceptors (Lipinski definition) is 2. The van der Waals surface area contributed by atoms with E-state index >= 15 is 0 Å². The van der Waals surface area contributed by atoms with Gasteiger partial charge in [0.15, 0.2) is 11.6 Å². The molecule has 0 saturated heterocycles. The lowest BCUT2D eigenvalue weighted by Gasteiger charge is -2.08. The molecule has 2 nitrogen and oxygen atoms in total. The van der Waals surface area contributed by atoms with E-state index in [4.69, 9.17) is 0 Å². The highest BCUT2D eigenvalue weighted by molar-refractivity contribution is 14.1. The van der Waals surface area contributed by atoms with Gasteiger partial charge in [0, 0.05) is 6.07 Å². The molecule has 0 amide bonds. The molecule has 8 heteroatoms. The van der Waals surface area contributed by atoms with Gasteiger partial charge in [0.05, 0.1) is 0 Å². The van der Waals surface area contributed by atoms with Crippen molar-refractivity contribution in [1.29, 1.82) is 0 Å². The first-order valence-corrected chi connectivity index (χ1v) is 4.15. The van der Waals surface area contributed by atoms with Crippen LogP contribution in [0.4, 0.5) is 22.0 Å². The molecule has 0 aliphatic carbocycles. The zero-order valence-electron chi connectivity index (χ0n) is 6.20. The summed E-state index contributed by atoms with van der Waals surface area (Å²) >= 11 is 1.25. The van der Waals surface area contributed by atoms with Crippen molar-refractivity contribution in [3.8, 4) is 5.88 Å². The Morgan fingerprint density at radius 3 is 2.29 bits per heavy atom. The minimum Gasteiger partial charge on any atom is -0.388 e. The first kappa shape index (κ1) is 11.4. The second-order valence-corrected chi connectivity index (χ2v) is 3.12. The van der Waals surface area contributed by atoms with Crippen molar-refractivity contribution in [3.05, 3.63) is 21.4 Å². The molecule has 0 aliphatic rings. The van der Waals surface area contributed by atoms with E-state index in [1.54, 1.807) is 0 Å². The maximum atomic E-state index is 12.6. The van der Waals surface area contributed by atoms with Crippen LogP contribution in [0.2, 0.25) is 0 Å². The summed E-state index contributed by atoms with van der Waals surface area (Å²) in [6.45, 7) is 0. The maximum absolute atomic E-state index is 12.6. The monoisotopic (exact) mass is 325 g/mol. The fourth-order valence-corrected chi connectivity index (χ4v) is 1.11. The lowest BCUT2D eigenvalue weighted by atomic mass is 10.4. The quantitative estimate of drug-likeness (QED) is 0.450. The molecule has 14 heavy (non-hydrogen) atoms. The number of aromatic nitrogens is 1. The topological polar surface area (TPSA) is 22.1 Å². The first-order valence-electron chi connectivity index (χ1n) is 3.07. The Bertz CT molecular complexity index is 330. The molecule has 0 spiro atoms. The molecule has 0 aliphatic heterocycles. The summed E-state index contributed by atoms with van der Waals surface area (Å²) in [7, 11) is 0. The molecule has 0 atom stereocenters. The number of alkyl halides is 3. The van der Waals surface area contributed by atoms with Crippen molar-refractivity contribution in [3.63, 3.8) is 0 Å². The number of hydrogen-bond donors (Lipinski definition) is 0. The average Bonchev–Trinajstić information content (AvgIpc) is 1.96. The van der Waals surface area contributed by atoms with E-state index in [1.165, 1.54) is 22.6 Å². The highest BCUT2D eigenvalue weighted by Crippen LogP contribution is 2.23. The van der Waals surface area contributed by atoms with E-state index in [-0.39, 0.29) is 6.07 Å². The van der Waals surface area contributed by atoms with Crippen molar-refractivity contribution in [2.45, 2.75) is 6.36 Å². The van der Waals surface area contributed by atoms with Crippen LogP contribution in [0.1, 0.15) is 0 Å². The summed E-state index contributed by atoms with van der Waals surface area (Å²) in [4.78, 5) is 3.05. The molecule has 0 bridgehead atoms. The minimum atomic E-state index is -4.97. The Morgan fingerprint density at radius 2 is 1.86 bits per heavy atom. The molecule has 0 saturated carbocycles. The molecule has 1 rings (SSSR count). The van der Waals surface area contributed by atoms with Gasteiger partial charge in [-0.3, -0.25) is 0 Å². The van der Waals surface area contributed by atoms with E-state index in [2.05, 4.69) is 9.72 Å². The number of pyridine rings is 1. The molecular formula is C6HF5INO. The normalized spacial score (nSPS) is 11.6. The number of nitrogens with zero attached hydrogens (tertiary/aromatic N) is 1. The van der Waals surface area contributed by atoms with E-state index in [0.717, 1.165) is 0 Å². The predicted octanol–water partition coefficient (Wildman–Crippen LogP) is 2.86. The molecule has 1 heterocycles. The van der Waals surface area contributed by atoms with Gasteiger partial charge in [0.25, 0.3) is 0 Å². The van der Waals surface area contributed by atoms with Gasteiger partial charge in [0.2, 0.25) is 5.88 Å². The molecule has 0 aromatic carbocycles. The molecule has 0 radical (unpaired) electrons. The minimum absolute atomic E-state index is 0.227. The summed E-state index contributed by atoms with van der Waals surface area (Å²) in [5.74, 6) is -3.77. The zero-order chi connectivity index (χ0) is 10.9. The van der Waals surface area contributed by atoms with Gasteiger partial charge in [-0.2, -0.15) is 0 Å². The molecule has 1 aromatic heterocycles. The number of ether oxygens (including phenoxy) is 1. The summed E-state index contributed by atoms with van der Waals surface area (Å²) in [5, 5.41) is 0. The molecule has 0 N–H and O–H groups in total. The Kier molecular flexibility index (Phi) is 3.12. The summed E-state index contributed by atoms with van der Waals surface area (Å²) < 4.78 is 62.8. The van der Waals surface area contributed by atoms with Gasteiger partial charge in [-0.15, -0.1) is 13.2 Å². The summed E-state index contributed by atoms with van der Waals surface area (Å²) in [6, 6.07) is 0.227. The van der Waals surface area contributed by atoms with E-state index in [9.17, 15) is 22.0 Å². The van der Waals surface area contributed by atoms with Crippen molar-refractivity contribution >= 4 is 22.6 Å². The SMILES string of the molecule is Fc1cc(OC(F)(F)F)nc(I)c1F. The fraction of sp³-hybridized carbons (Fsp3) is 0.167. The summed E-state index contributed by atoms with van der Waals surface area (Å²) in [6.07, 6.45) is -4.97. The van der Waals surface area contributed by atoms with Crippen LogP contribution < -0.4 is 4.74 Å². The van der Waals surface area contributed by atoms with E-state index in [0.29, 0.717) is 0 Å². The van der Waals surface area contributed by atoms with Gasteiger partial charge >= 0.3 is 6.36 Å². The van der Waals surface area contributed by atoms with Gasteiger partial charge < -0.3 is 4.74 Å². The number of rotatable bonds is 1. The first-order chi connectivity index (χ1) is 6.29. The van der Waals surface area contributed by atoms with Gasteiger partial charge in [-0.1, -0.05) is 0 Å². The molecule has 0 fully saturated rings. The van der Waals surface area contributed by atoms with Gasteiger partial charge in [-0.05, 0) is 22.6 Å². The van der Waals surface area contributed by atoms with Crippen molar-refractivity contribution in [1.82, 2.24) is 4.98 Å². The van der Waals surface area contributed by atoms with Crippen molar-refractivity contribution in [2.75, 3.05) is 0 Å². The van der Waals surface area contributed by atoms with Crippen LogP contribution in [-0.4, -0.2) is 11.3 Å². The average molecular weight is 325 g/mol. The van der Waals surface area contributed by atoms with Crippen LogP contribution >= 0.6 is 22.6 Å². The smallest absolute Gasteiger partial charge is 0.388 e. The third-order valence-corrected chi connectivity index (χ3v) is 1.78. The van der Waals surface area contributed by atoms with Crippen LogP contribution in [0.3, 0.4) is 0 Å². The second-order valence-electron chi connectivity index (χ2n) is 2.09.